The maximum atomic E-state index is 13.3. The van der Waals surface area contributed by atoms with Gasteiger partial charge in [0.15, 0.2) is 11.7 Å². The Hall–Kier alpha value is -2.24. The van der Waals surface area contributed by atoms with Gasteiger partial charge in [-0.3, -0.25) is 9.59 Å². The van der Waals surface area contributed by atoms with E-state index in [0.717, 1.165) is 0 Å². The fourth-order valence-corrected chi connectivity index (χ4v) is 4.98. The highest BCUT2D eigenvalue weighted by atomic mass is 16.7. The maximum absolute atomic E-state index is 13.3. The monoisotopic (exact) mass is 544 g/mol. The number of nitrogens with one attached hydrogen (secondary N) is 2. The summed E-state index contributed by atoms with van der Waals surface area (Å²) in [6.45, 7) is -1.55. The molecule has 14 heteroatoms. The van der Waals surface area contributed by atoms with Crippen LogP contribution in [-0.2, 0) is 30.2 Å². The number of hydrogen-bond acceptors (Lipinski definition) is 12. The summed E-state index contributed by atoms with van der Waals surface area (Å²) in [5, 5.41) is 77.0. The predicted molar refractivity (Wildman–Crippen MR) is 127 cm³/mol. The summed E-state index contributed by atoms with van der Waals surface area (Å²) in [5.74, 6) is -1.64. The third-order valence-electron chi connectivity index (χ3n) is 7.08. The number of amides is 2. The number of carbonyl (C=O) groups is 2. The fourth-order valence-electron chi connectivity index (χ4n) is 4.98. The first-order chi connectivity index (χ1) is 18.1. The Morgan fingerprint density at radius 2 is 1.39 bits per heavy atom. The van der Waals surface area contributed by atoms with Gasteiger partial charge in [0.2, 0.25) is 11.8 Å². The lowest BCUT2D eigenvalue weighted by Crippen LogP contribution is -2.70. The van der Waals surface area contributed by atoms with Gasteiger partial charge in [-0.15, -0.1) is 0 Å². The average Bonchev–Trinajstić information content (AvgIpc) is 2.94. The third kappa shape index (κ3) is 5.56. The molecule has 0 bridgehead atoms. The molecule has 0 radical (unpaired) electrons. The molecule has 14 nitrogen and oxygen atoms in total. The van der Waals surface area contributed by atoms with Crippen molar-refractivity contribution < 1.29 is 59.5 Å². The molecule has 38 heavy (non-hydrogen) atoms. The van der Waals surface area contributed by atoms with Crippen LogP contribution >= 0.6 is 0 Å². The van der Waals surface area contributed by atoms with Crippen molar-refractivity contribution in [2.24, 2.45) is 5.41 Å². The highest BCUT2D eigenvalue weighted by molar-refractivity contribution is 6.06. The average molecular weight is 545 g/mol. The van der Waals surface area contributed by atoms with Gasteiger partial charge < -0.3 is 60.6 Å². The number of carbonyl (C=O) groups excluding carboxylic acids is 2. The zero-order valence-electron chi connectivity index (χ0n) is 21.0. The van der Waals surface area contributed by atoms with Gasteiger partial charge in [0, 0.05) is 14.1 Å². The van der Waals surface area contributed by atoms with Crippen LogP contribution < -0.4 is 10.6 Å². The van der Waals surface area contributed by atoms with E-state index in [9.17, 15) is 45.3 Å². The quantitative estimate of drug-likeness (QED) is 0.134. The summed E-state index contributed by atoms with van der Waals surface area (Å²) in [4.78, 5) is 26.6. The molecule has 2 saturated heterocycles. The Labute approximate surface area is 218 Å². The highest BCUT2D eigenvalue weighted by Gasteiger charge is 2.61. The van der Waals surface area contributed by atoms with Gasteiger partial charge >= 0.3 is 0 Å². The van der Waals surface area contributed by atoms with Gasteiger partial charge in [-0.2, -0.15) is 0 Å². The predicted octanol–water partition coefficient (Wildman–Crippen LogP) is -4.63. The zero-order chi connectivity index (χ0) is 28.2. The van der Waals surface area contributed by atoms with Crippen LogP contribution in [0.3, 0.4) is 0 Å². The number of ether oxygens (including phenoxy) is 3. The van der Waals surface area contributed by atoms with Crippen molar-refractivity contribution >= 4 is 11.8 Å². The Bertz CT molecular complexity index is 916. The van der Waals surface area contributed by atoms with Crippen LogP contribution in [0.15, 0.2) is 30.3 Å². The van der Waals surface area contributed by atoms with Gasteiger partial charge in [0.1, 0.15) is 54.9 Å². The molecule has 1 aromatic rings. The summed E-state index contributed by atoms with van der Waals surface area (Å²) in [7, 11) is 2.59. The van der Waals surface area contributed by atoms with Crippen LogP contribution in [0.1, 0.15) is 5.56 Å². The summed E-state index contributed by atoms with van der Waals surface area (Å²) in [6.07, 6.45) is -17.1. The zero-order valence-corrected chi connectivity index (χ0v) is 21.0. The lowest BCUT2D eigenvalue weighted by atomic mass is 9.70. The van der Waals surface area contributed by atoms with E-state index in [4.69, 9.17) is 14.2 Å². The van der Waals surface area contributed by atoms with Crippen molar-refractivity contribution in [1.82, 2.24) is 10.6 Å². The van der Waals surface area contributed by atoms with Gasteiger partial charge in [0.25, 0.3) is 0 Å². The largest absolute Gasteiger partial charge is 0.394 e. The lowest BCUT2D eigenvalue weighted by Gasteiger charge is -2.49. The van der Waals surface area contributed by atoms with Crippen molar-refractivity contribution in [2.45, 2.75) is 67.6 Å². The molecule has 1 unspecified atom stereocenters. The van der Waals surface area contributed by atoms with E-state index in [1.165, 1.54) is 14.1 Å². The topological polar surface area (TPSA) is 227 Å². The first-order valence-electron chi connectivity index (χ1n) is 12.1. The van der Waals surface area contributed by atoms with Gasteiger partial charge in [0.05, 0.1) is 13.2 Å². The van der Waals surface area contributed by atoms with Crippen molar-refractivity contribution in [2.75, 3.05) is 27.3 Å². The van der Waals surface area contributed by atoms with Gasteiger partial charge in [-0.25, -0.2) is 0 Å². The van der Waals surface area contributed by atoms with E-state index in [0.29, 0.717) is 5.56 Å². The van der Waals surface area contributed by atoms with E-state index in [2.05, 4.69) is 10.6 Å². The van der Waals surface area contributed by atoms with E-state index in [-0.39, 0.29) is 6.42 Å². The molecule has 2 aliphatic heterocycles. The Morgan fingerprint density at radius 1 is 0.816 bits per heavy atom. The minimum atomic E-state index is -2.10. The normalized spacial score (nSPS) is 35.9. The Kier molecular flexibility index (Phi) is 10.2. The van der Waals surface area contributed by atoms with E-state index >= 15 is 0 Å². The molecule has 9 N–H and O–H groups in total. The third-order valence-corrected chi connectivity index (χ3v) is 7.08. The molecule has 2 fully saturated rings. The number of aliphatic hydroxyl groups is 7. The molecular weight excluding hydrogens is 508 g/mol. The molecule has 214 valence electrons. The minimum absolute atomic E-state index is 0.238. The molecule has 10 atom stereocenters. The van der Waals surface area contributed by atoms with E-state index < -0.39 is 91.7 Å². The highest BCUT2D eigenvalue weighted by Crippen LogP contribution is 2.39. The molecular formula is C24H36N2O12. The van der Waals surface area contributed by atoms with Crippen LogP contribution in [0, 0.1) is 5.41 Å². The van der Waals surface area contributed by atoms with Crippen LogP contribution in [0.5, 0.6) is 0 Å². The molecule has 0 spiro atoms. The molecule has 2 heterocycles. The smallest absolute Gasteiger partial charge is 0.238 e. The van der Waals surface area contributed by atoms with Crippen molar-refractivity contribution in [3.05, 3.63) is 35.9 Å². The summed E-state index contributed by atoms with van der Waals surface area (Å²) >= 11 is 0. The van der Waals surface area contributed by atoms with Crippen LogP contribution in [-0.4, -0.2) is 136 Å². The number of aliphatic hydroxyl groups excluding tert-OH is 7. The molecule has 2 aliphatic rings. The van der Waals surface area contributed by atoms with Gasteiger partial charge in [-0.1, -0.05) is 30.3 Å². The second-order valence-corrected chi connectivity index (χ2v) is 9.35. The standard InChI is InChI=1S/C24H36N2O12/c1-25-22(34)24(23(35)26-2,8-11-6-4-3-5-7-11)20-17(32)16(31)19(13(10-28)36-20)38-21-18(33)15(30)14(29)12(9-27)37-21/h3-7,12-21,27-33H,8-10H2,1-2H3,(H,25,34)(H,26,35)/t12-,13-,14-,15+,16-,17-,18-,19-,20-,21?/m1/s1. The molecule has 0 aromatic heterocycles. The summed E-state index contributed by atoms with van der Waals surface area (Å²) < 4.78 is 16.8. The molecule has 2 amide bonds. The first kappa shape index (κ1) is 30.3. The molecule has 3 rings (SSSR count). The minimum Gasteiger partial charge on any atom is -0.394 e. The SMILES string of the molecule is CNC(=O)C(Cc1ccccc1)(C(=O)NC)[C@@H]1O[C@H](CO)[C@@H](OC2O[C@H](CO)[C@@H](O)[C@H](O)[C@H]2O)[C@H](O)[C@H]1O. The van der Waals surface area contributed by atoms with E-state index in [1.54, 1.807) is 30.3 Å². The van der Waals surface area contributed by atoms with Crippen molar-refractivity contribution in [3.8, 4) is 0 Å². The number of rotatable bonds is 9. The summed E-state index contributed by atoms with van der Waals surface area (Å²) in [5.41, 5.74) is -1.56. The summed E-state index contributed by atoms with van der Waals surface area (Å²) in [6, 6.07) is 8.47. The van der Waals surface area contributed by atoms with Crippen LogP contribution in [0.25, 0.3) is 0 Å². The Morgan fingerprint density at radius 3 is 1.92 bits per heavy atom. The molecule has 0 aliphatic carbocycles. The second kappa shape index (κ2) is 12.7. The second-order valence-electron chi connectivity index (χ2n) is 9.35. The fraction of sp³-hybridized carbons (Fsp3) is 0.667. The first-order valence-corrected chi connectivity index (χ1v) is 12.1. The van der Waals surface area contributed by atoms with Crippen LogP contribution in [0.2, 0.25) is 0 Å². The lowest BCUT2D eigenvalue weighted by molar-refractivity contribution is -0.345. The maximum Gasteiger partial charge on any atom is 0.238 e. The Balaban J connectivity index is 1.96. The van der Waals surface area contributed by atoms with Gasteiger partial charge in [-0.05, 0) is 12.0 Å². The van der Waals surface area contributed by atoms with Crippen molar-refractivity contribution in [1.29, 1.82) is 0 Å². The van der Waals surface area contributed by atoms with E-state index in [1.807, 2.05) is 0 Å². The molecule has 0 saturated carbocycles. The molecule has 1 aromatic carbocycles. The number of benzene rings is 1. The van der Waals surface area contributed by atoms with Crippen molar-refractivity contribution in [3.63, 3.8) is 0 Å². The van der Waals surface area contributed by atoms with Crippen LogP contribution in [0.4, 0.5) is 0 Å². The number of hydrogen-bond donors (Lipinski definition) is 9.